The molecule has 144 valence electrons. The van der Waals surface area contributed by atoms with E-state index in [-0.39, 0.29) is 11.4 Å². The standard InChI is InChI=1S/C19H21F3N4O/c1-3-15(17-16(19(20,21)22)12-24-18(17)25-27-2)13-4-6-14(7-5-13)26-10-8-23-9-11-26/h3-7,12,23H,1,8-11H2,2H3,(H,24,25)/b17-15+. The van der Waals surface area contributed by atoms with Crippen LogP contribution in [0.2, 0.25) is 0 Å². The Balaban J connectivity index is 1.99. The van der Waals surface area contributed by atoms with Gasteiger partial charge in [-0.15, -0.1) is 0 Å². The second-order valence-corrected chi connectivity index (χ2v) is 6.10. The zero-order valence-electron chi connectivity index (χ0n) is 14.9. The number of hydroxylamine groups is 1. The molecule has 1 saturated heterocycles. The van der Waals surface area contributed by atoms with Gasteiger partial charge in [-0.3, -0.25) is 4.84 Å². The lowest BCUT2D eigenvalue weighted by Crippen LogP contribution is -2.43. The number of nitrogens with one attached hydrogen (secondary N) is 2. The molecule has 1 fully saturated rings. The molecule has 1 aromatic rings. The number of hydrogen-bond acceptors (Lipinski definition) is 5. The molecule has 1 aromatic carbocycles. The molecule has 0 aromatic heterocycles. The van der Waals surface area contributed by atoms with Crippen LogP contribution < -0.4 is 15.7 Å². The molecule has 2 heterocycles. The van der Waals surface area contributed by atoms with Gasteiger partial charge in [0.1, 0.15) is 0 Å². The van der Waals surface area contributed by atoms with Crippen molar-refractivity contribution in [3.63, 3.8) is 0 Å². The van der Waals surface area contributed by atoms with Crippen molar-refractivity contribution in [1.29, 1.82) is 0 Å². The van der Waals surface area contributed by atoms with Crippen molar-refractivity contribution >= 4 is 17.1 Å². The van der Waals surface area contributed by atoms with E-state index in [4.69, 9.17) is 4.84 Å². The summed E-state index contributed by atoms with van der Waals surface area (Å²) in [6, 6.07) is 7.44. The van der Waals surface area contributed by atoms with Crippen molar-refractivity contribution in [3.05, 3.63) is 59.8 Å². The van der Waals surface area contributed by atoms with Crippen molar-refractivity contribution in [2.24, 2.45) is 4.99 Å². The monoisotopic (exact) mass is 378 g/mol. The van der Waals surface area contributed by atoms with E-state index in [2.05, 4.69) is 27.3 Å². The third-order valence-electron chi connectivity index (χ3n) is 4.47. The summed E-state index contributed by atoms with van der Waals surface area (Å²) >= 11 is 0. The normalized spacial score (nSPS) is 19.5. The lowest BCUT2D eigenvalue weighted by Gasteiger charge is -2.29. The minimum absolute atomic E-state index is 0.00547. The first kappa shape index (κ1) is 19.2. The quantitative estimate of drug-likeness (QED) is 0.791. The number of piperazine rings is 1. The van der Waals surface area contributed by atoms with E-state index < -0.39 is 11.7 Å². The van der Waals surface area contributed by atoms with Crippen LogP contribution in [0.25, 0.3) is 5.57 Å². The fourth-order valence-corrected chi connectivity index (χ4v) is 3.19. The molecule has 0 aliphatic carbocycles. The summed E-state index contributed by atoms with van der Waals surface area (Å²) in [4.78, 5) is 10.8. The number of rotatable bonds is 4. The van der Waals surface area contributed by atoms with E-state index >= 15 is 0 Å². The summed E-state index contributed by atoms with van der Waals surface area (Å²) in [5.74, 6) is 0.00547. The molecule has 3 rings (SSSR count). The van der Waals surface area contributed by atoms with Gasteiger partial charge >= 0.3 is 6.18 Å². The fraction of sp³-hybridized carbons (Fsp3) is 0.316. The van der Waals surface area contributed by atoms with Crippen LogP contribution in [0.15, 0.2) is 59.3 Å². The Hall–Kier alpha value is -2.58. The summed E-state index contributed by atoms with van der Waals surface area (Å²) in [5.41, 5.74) is 3.52. The highest BCUT2D eigenvalue weighted by atomic mass is 19.4. The van der Waals surface area contributed by atoms with Crippen LogP contribution in [0, 0.1) is 0 Å². The predicted molar refractivity (Wildman–Crippen MR) is 100 cm³/mol. The smallest absolute Gasteiger partial charge is 0.369 e. The van der Waals surface area contributed by atoms with E-state index in [1.54, 1.807) is 12.1 Å². The zero-order valence-corrected chi connectivity index (χ0v) is 14.9. The molecule has 0 atom stereocenters. The van der Waals surface area contributed by atoms with E-state index in [9.17, 15) is 13.2 Å². The topological polar surface area (TPSA) is 48.9 Å². The van der Waals surface area contributed by atoms with Gasteiger partial charge in [0, 0.05) is 43.6 Å². The van der Waals surface area contributed by atoms with Crippen LogP contribution in [0.3, 0.4) is 0 Å². The summed E-state index contributed by atoms with van der Waals surface area (Å²) in [7, 11) is 1.32. The minimum Gasteiger partial charge on any atom is -0.369 e. The second-order valence-electron chi connectivity index (χ2n) is 6.10. The highest BCUT2D eigenvalue weighted by Crippen LogP contribution is 2.39. The van der Waals surface area contributed by atoms with Gasteiger partial charge in [0.2, 0.25) is 0 Å². The lowest BCUT2D eigenvalue weighted by molar-refractivity contribution is -0.0887. The van der Waals surface area contributed by atoms with Crippen molar-refractivity contribution in [2.45, 2.75) is 6.18 Å². The second kappa shape index (κ2) is 7.98. The van der Waals surface area contributed by atoms with Gasteiger partial charge in [-0.25, -0.2) is 10.5 Å². The number of anilines is 1. The van der Waals surface area contributed by atoms with Gasteiger partial charge in [-0.1, -0.05) is 24.8 Å². The van der Waals surface area contributed by atoms with Crippen LogP contribution in [-0.2, 0) is 4.84 Å². The molecule has 0 spiro atoms. The molecule has 2 aliphatic heterocycles. The molecule has 0 unspecified atom stereocenters. The number of allylic oxidation sites excluding steroid dienone is 2. The predicted octanol–water partition coefficient (Wildman–Crippen LogP) is 3.05. The Bertz CT molecular complexity index is 788. The van der Waals surface area contributed by atoms with Crippen molar-refractivity contribution < 1.29 is 18.0 Å². The molecule has 2 N–H and O–H groups in total. The fourth-order valence-electron chi connectivity index (χ4n) is 3.19. The van der Waals surface area contributed by atoms with E-state index in [1.807, 2.05) is 12.1 Å². The average molecular weight is 378 g/mol. The number of aliphatic imine (C=N–C) groups is 1. The molecule has 27 heavy (non-hydrogen) atoms. The molecule has 8 heteroatoms. The highest BCUT2D eigenvalue weighted by molar-refractivity contribution is 6.12. The Morgan fingerprint density at radius 1 is 1.26 bits per heavy atom. The number of hydrogen-bond donors (Lipinski definition) is 2. The molecule has 5 nitrogen and oxygen atoms in total. The Labute approximate surface area is 155 Å². The summed E-state index contributed by atoms with van der Waals surface area (Å²) < 4.78 is 40.4. The van der Waals surface area contributed by atoms with Crippen LogP contribution in [0.5, 0.6) is 0 Å². The van der Waals surface area contributed by atoms with Crippen molar-refractivity contribution in [1.82, 2.24) is 10.8 Å². The number of amidine groups is 1. The first-order valence-electron chi connectivity index (χ1n) is 8.53. The largest absolute Gasteiger partial charge is 0.418 e. The van der Waals surface area contributed by atoms with Crippen molar-refractivity contribution in [3.8, 4) is 0 Å². The first-order chi connectivity index (χ1) is 13.0. The minimum atomic E-state index is -4.54. The van der Waals surface area contributed by atoms with Crippen LogP contribution in [0.4, 0.5) is 18.9 Å². The summed E-state index contributed by atoms with van der Waals surface area (Å²) in [5, 5.41) is 3.29. The van der Waals surface area contributed by atoms with Gasteiger partial charge in [0.25, 0.3) is 0 Å². The first-order valence-corrected chi connectivity index (χ1v) is 8.53. The van der Waals surface area contributed by atoms with Crippen molar-refractivity contribution in [2.75, 3.05) is 38.2 Å². The Morgan fingerprint density at radius 3 is 2.48 bits per heavy atom. The Morgan fingerprint density at radius 2 is 1.93 bits per heavy atom. The maximum absolute atomic E-state index is 13.5. The number of halogens is 3. The van der Waals surface area contributed by atoms with Gasteiger partial charge in [-0.2, -0.15) is 13.2 Å². The average Bonchev–Trinajstić information content (AvgIpc) is 3.08. The number of alkyl halides is 3. The van der Waals surface area contributed by atoms with Crippen LogP contribution in [-0.4, -0.2) is 45.3 Å². The van der Waals surface area contributed by atoms with Gasteiger partial charge < -0.3 is 10.2 Å². The SMILES string of the molecule is C=C/C(=C1/C(C(F)(F)F)=CN=C1NOC)c1ccc(N2CCNCC2)cc1. The van der Waals surface area contributed by atoms with Crippen LogP contribution >= 0.6 is 0 Å². The molecule has 0 amide bonds. The molecular weight excluding hydrogens is 357 g/mol. The lowest BCUT2D eigenvalue weighted by atomic mass is 9.94. The third-order valence-corrected chi connectivity index (χ3v) is 4.47. The van der Waals surface area contributed by atoms with Gasteiger partial charge in [-0.05, 0) is 23.3 Å². The number of nitrogens with zero attached hydrogens (tertiary/aromatic N) is 2. The molecular formula is C19H21F3N4O. The Kier molecular flexibility index (Phi) is 5.67. The molecule has 2 aliphatic rings. The van der Waals surface area contributed by atoms with Crippen LogP contribution in [0.1, 0.15) is 5.56 Å². The highest BCUT2D eigenvalue weighted by Gasteiger charge is 2.41. The maximum atomic E-state index is 13.5. The molecule has 0 radical (unpaired) electrons. The van der Waals surface area contributed by atoms with E-state index in [0.717, 1.165) is 38.1 Å². The summed E-state index contributed by atoms with van der Waals surface area (Å²) in [6.45, 7) is 7.31. The summed E-state index contributed by atoms with van der Waals surface area (Å²) in [6.07, 6.45) is -2.33. The van der Waals surface area contributed by atoms with Gasteiger partial charge in [0.15, 0.2) is 5.84 Å². The maximum Gasteiger partial charge on any atom is 0.418 e. The van der Waals surface area contributed by atoms with E-state index in [1.165, 1.54) is 13.2 Å². The molecule has 0 saturated carbocycles. The third kappa shape index (κ3) is 4.06. The van der Waals surface area contributed by atoms with Gasteiger partial charge in [0.05, 0.1) is 12.7 Å². The number of benzene rings is 1. The molecule has 0 bridgehead atoms. The van der Waals surface area contributed by atoms with E-state index in [0.29, 0.717) is 11.1 Å². The zero-order chi connectivity index (χ0) is 19.4.